The molecule has 0 rings (SSSR count). The second kappa shape index (κ2) is 57.0. The number of allylic oxidation sites excluding steroid dienone is 8. The molecule has 0 amide bonds. The molecule has 0 aliphatic heterocycles. The van der Waals surface area contributed by atoms with Crippen molar-refractivity contribution in [1.82, 2.24) is 0 Å². The molecule has 6 heteroatoms. The van der Waals surface area contributed by atoms with E-state index in [9.17, 15) is 14.4 Å². The van der Waals surface area contributed by atoms with Crippen LogP contribution in [-0.4, -0.2) is 37.2 Å². The normalized spacial score (nSPS) is 12.3. The van der Waals surface area contributed by atoms with Crippen molar-refractivity contribution < 1.29 is 28.6 Å². The molecule has 0 aromatic rings. The highest BCUT2D eigenvalue weighted by Gasteiger charge is 2.19. The van der Waals surface area contributed by atoms with Crippen LogP contribution >= 0.6 is 0 Å². The van der Waals surface area contributed by atoms with Crippen LogP contribution in [0.5, 0.6) is 0 Å². The SMILES string of the molecule is CCCC/C=C/C/C=C/CCCCCCCC(=O)OC[C@H](COC(=O)CCCCCCCCCCC/C=C/C/C=C/CCCCC)OC(=O)CCCCCCCCCCCCCCCCCCC. The molecule has 0 heterocycles. The van der Waals surface area contributed by atoms with Crippen molar-refractivity contribution >= 4 is 17.9 Å². The number of rotatable bonds is 54. The van der Waals surface area contributed by atoms with E-state index in [4.69, 9.17) is 14.2 Å². The van der Waals surface area contributed by atoms with Crippen LogP contribution in [0.15, 0.2) is 48.6 Å². The number of ether oxygens (including phenoxy) is 3. The minimum absolute atomic E-state index is 0.0769. The summed E-state index contributed by atoms with van der Waals surface area (Å²) in [4.78, 5) is 38.2. The highest BCUT2D eigenvalue weighted by molar-refractivity contribution is 5.71. The van der Waals surface area contributed by atoms with Crippen molar-refractivity contribution in [3.05, 3.63) is 48.6 Å². The molecule has 0 bridgehead atoms. The predicted octanol–water partition coefficient (Wildman–Crippen LogP) is 19.8. The van der Waals surface area contributed by atoms with Gasteiger partial charge in [-0.3, -0.25) is 14.4 Å². The summed E-state index contributed by atoms with van der Waals surface area (Å²) in [6.07, 6.45) is 69.5. The fourth-order valence-corrected chi connectivity index (χ4v) is 8.55. The molecule has 0 saturated heterocycles. The zero-order chi connectivity index (χ0) is 49.3. The average molecular weight is 954 g/mol. The Morgan fingerprint density at radius 3 is 0.882 bits per heavy atom. The summed E-state index contributed by atoms with van der Waals surface area (Å²) in [7, 11) is 0. The third-order valence-electron chi connectivity index (χ3n) is 13.1. The van der Waals surface area contributed by atoms with Crippen molar-refractivity contribution in [2.45, 2.75) is 316 Å². The van der Waals surface area contributed by atoms with E-state index >= 15 is 0 Å². The van der Waals surface area contributed by atoms with Crippen molar-refractivity contribution in [2.24, 2.45) is 0 Å². The van der Waals surface area contributed by atoms with Gasteiger partial charge >= 0.3 is 17.9 Å². The van der Waals surface area contributed by atoms with Gasteiger partial charge in [-0.25, -0.2) is 0 Å². The predicted molar refractivity (Wildman–Crippen MR) is 293 cm³/mol. The minimum atomic E-state index is -0.778. The lowest BCUT2D eigenvalue weighted by atomic mass is 10.0. The molecule has 0 aromatic heterocycles. The third-order valence-corrected chi connectivity index (χ3v) is 13.1. The van der Waals surface area contributed by atoms with Gasteiger partial charge in [0.15, 0.2) is 6.10 Å². The first-order valence-corrected chi connectivity index (χ1v) is 29.6. The second-order valence-electron chi connectivity index (χ2n) is 19.9. The van der Waals surface area contributed by atoms with Gasteiger partial charge in [0, 0.05) is 19.3 Å². The number of carbonyl (C=O) groups excluding carboxylic acids is 3. The molecule has 0 N–H and O–H groups in total. The maximum atomic E-state index is 12.9. The monoisotopic (exact) mass is 953 g/mol. The molecule has 1 atom stereocenters. The summed E-state index contributed by atoms with van der Waals surface area (Å²) in [5.41, 5.74) is 0. The largest absolute Gasteiger partial charge is 0.462 e. The molecule has 0 radical (unpaired) electrons. The number of hydrogen-bond acceptors (Lipinski definition) is 6. The molecule has 0 aromatic carbocycles. The summed E-state index contributed by atoms with van der Waals surface area (Å²) >= 11 is 0. The Hall–Kier alpha value is -2.63. The molecule has 0 spiro atoms. The van der Waals surface area contributed by atoms with Crippen LogP contribution in [0.2, 0.25) is 0 Å². The first-order chi connectivity index (χ1) is 33.5. The van der Waals surface area contributed by atoms with E-state index in [-0.39, 0.29) is 31.1 Å². The fraction of sp³-hybridized carbons (Fsp3) is 0.823. The molecular weight excluding hydrogens is 841 g/mol. The Labute approximate surface area is 422 Å². The van der Waals surface area contributed by atoms with Gasteiger partial charge < -0.3 is 14.2 Å². The van der Waals surface area contributed by atoms with Gasteiger partial charge in [-0.1, -0.05) is 262 Å². The van der Waals surface area contributed by atoms with Gasteiger partial charge in [0.05, 0.1) is 0 Å². The average Bonchev–Trinajstić information content (AvgIpc) is 3.34. The maximum absolute atomic E-state index is 12.9. The summed E-state index contributed by atoms with van der Waals surface area (Å²) < 4.78 is 16.9. The number of esters is 3. The quantitative estimate of drug-likeness (QED) is 0.0262. The standard InChI is InChI=1S/C62H112O6/c1-4-7-10-13-16-19-22-25-28-30-31-33-34-37-40-43-46-49-52-55-61(64)67-58-59(57-66-60(63)54-51-48-45-42-39-36-27-24-21-18-15-12-9-6-3)68-62(65)56-53-50-47-44-41-38-35-32-29-26-23-20-17-14-11-8-5-2/h15-16,18-19,24-25,27-28,59H,4-14,17,20-23,26,29-58H2,1-3H3/b18-15+,19-16+,27-24+,28-25+/t59-/m1/s1. The summed E-state index contributed by atoms with van der Waals surface area (Å²) in [5.74, 6) is -0.878. The van der Waals surface area contributed by atoms with Crippen molar-refractivity contribution in [3.8, 4) is 0 Å². The van der Waals surface area contributed by atoms with E-state index in [0.29, 0.717) is 19.3 Å². The molecule has 68 heavy (non-hydrogen) atoms. The van der Waals surface area contributed by atoms with Gasteiger partial charge in [-0.15, -0.1) is 0 Å². The van der Waals surface area contributed by atoms with Gasteiger partial charge in [-0.05, 0) is 77.0 Å². The zero-order valence-electron chi connectivity index (χ0n) is 45.4. The molecule has 396 valence electrons. The lowest BCUT2D eigenvalue weighted by molar-refractivity contribution is -0.167. The topological polar surface area (TPSA) is 78.9 Å². The van der Waals surface area contributed by atoms with E-state index in [1.165, 1.54) is 186 Å². The lowest BCUT2D eigenvalue weighted by Crippen LogP contribution is -2.30. The Bertz CT molecular complexity index is 1190. The third kappa shape index (κ3) is 54.3. The van der Waals surface area contributed by atoms with Gasteiger partial charge in [0.2, 0.25) is 0 Å². The molecular formula is C62H112O6. The molecule has 0 saturated carbocycles. The number of carbonyl (C=O) groups is 3. The molecule has 0 unspecified atom stereocenters. The molecule has 6 nitrogen and oxygen atoms in total. The molecule has 0 aliphatic rings. The minimum Gasteiger partial charge on any atom is -0.462 e. The van der Waals surface area contributed by atoms with Gasteiger partial charge in [-0.2, -0.15) is 0 Å². The van der Waals surface area contributed by atoms with Crippen LogP contribution in [0.1, 0.15) is 310 Å². The van der Waals surface area contributed by atoms with E-state index in [2.05, 4.69) is 69.4 Å². The summed E-state index contributed by atoms with van der Waals surface area (Å²) in [5, 5.41) is 0. The van der Waals surface area contributed by atoms with E-state index in [0.717, 1.165) is 83.5 Å². The number of unbranched alkanes of at least 4 members (excludes halogenated alkanes) is 35. The van der Waals surface area contributed by atoms with Crippen molar-refractivity contribution in [3.63, 3.8) is 0 Å². The van der Waals surface area contributed by atoms with E-state index in [1.807, 2.05) is 0 Å². The Balaban J connectivity index is 4.35. The first kappa shape index (κ1) is 65.4. The van der Waals surface area contributed by atoms with Crippen LogP contribution in [0.4, 0.5) is 0 Å². The molecule has 0 aliphatic carbocycles. The highest BCUT2D eigenvalue weighted by atomic mass is 16.6. The van der Waals surface area contributed by atoms with E-state index < -0.39 is 6.10 Å². The van der Waals surface area contributed by atoms with Crippen LogP contribution < -0.4 is 0 Å². The lowest BCUT2D eigenvalue weighted by Gasteiger charge is -2.18. The first-order valence-electron chi connectivity index (χ1n) is 29.6. The smallest absolute Gasteiger partial charge is 0.306 e. The van der Waals surface area contributed by atoms with Gasteiger partial charge in [0.1, 0.15) is 13.2 Å². The van der Waals surface area contributed by atoms with Crippen molar-refractivity contribution in [1.29, 1.82) is 0 Å². The van der Waals surface area contributed by atoms with Crippen LogP contribution in [0.3, 0.4) is 0 Å². The number of hydrogen-bond donors (Lipinski definition) is 0. The Kier molecular flexibility index (Phi) is 54.8. The van der Waals surface area contributed by atoms with Gasteiger partial charge in [0.25, 0.3) is 0 Å². The van der Waals surface area contributed by atoms with Crippen LogP contribution in [0.25, 0.3) is 0 Å². The highest BCUT2D eigenvalue weighted by Crippen LogP contribution is 2.16. The Morgan fingerprint density at radius 2 is 0.544 bits per heavy atom. The summed E-state index contributed by atoms with van der Waals surface area (Å²) in [6.45, 7) is 6.60. The Morgan fingerprint density at radius 1 is 0.294 bits per heavy atom. The second-order valence-corrected chi connectivity index (χ2v) is 19.9. The summed E-state index contributed by atoms with van der Waals surface area (Å²) in [6, 6.07) is 0. The fourth-order valence-electron chi connectivity index (χ4n) is 8.55. The molecule has 0 fully saturated rings. The van der Waals surface area contributed by atoms with E-state index in [1.54, 1.807) is 0 Å². The zero-order valence-corrected chi connectivity index (χ0v) is 45.4. The van der Waals surface area contributed by atoms with Crippen LogP contribution in [-0.2, 0) is 28.6 Å². The van der Waals surface area contributed by atoms with Crippen LogP contribution in [0, 0.1) is 0 Å². The maximum Gasteiger partial charge on any atom is 0.306 e. The van der Waals surface area contributed by atoms with Crippen molar-refractivity contribution in [2.75, 3.05) is 13.2 Å².